The number of nitrogens with zero attached hydrogens (tertiary/aromatic N) is 1. The zero-order chi connectivity index (χ0) is 9.19. The first-order valence-corrected chi connectivity index (χ1v) is 4.31. The van der Waals surface area contributed by atoms with Gasteiger partial charge in [-0.3, -0.25) is 10.1 Å². The second-order valence-electron chi connectivity index (χ2n) is 3.09. The molecule has 1 aliphatic heterocycles. The van der Waals surface area contributed by atoms with Gasteiger partial charge in [0.15, 0.2) is 5.96 Å². The molecule has 4 heteroatoms. The van der Waals surface area contributed by atoms with Crippen molar-refractivity contribution in [2.75, 3.05) is 0 Å². The summed E-state index contributed by atoms with van der Waals surface area (Å²) in [4.78, 5) is 15.6. The lowest BCUT2D eigenvalue weighted by Crippen LogP contribution is -2.40. The molecule has 0 aromatic carbocycles. The third-order valence-corrected chi connectivity index (χ3v) is 2.25. The lowest BCUT2D eigenvalue weighted by atomic mass is 9.91. The van der Waals surface area contributed by atoms with Crippen LogP contribution in [-0.2, 0) is 4.79 Å². The van der Waals surface area contributed by atoms with Crippen LogP contribution in [0, 0.1) is 0 Å². The minimum atomic E-state index is -0.571. The summed E-state index contributed by atoms with van der Waals surface area (Å²) < 4.78 is 0. The van der Waals surface area contributed by atoms with Gasteiger partial charge in [0.25, 0.3) is 5.91 Å². The molecule has 1 rings (SSSR count). The molecule has 12 heavy (non-hydrogen) atoms. The maximum absolute atomic E-state index is 11.4. The third kappa shape index (κ3) is 1.29. The number of aliphatic imine (C=N–C) groups is 1. The highest BCUT2D eigenvalue weighted by atomic mass is 16.2. The van der Waals surface area contributed by atoms with Gasteiger partial charge in [0.1, 0.15) is 5.54 Å². The van der Waals surface area contributed by atoms with Gasteiger partial charge < -0.3 is 5.73 Å². The second kappa shape index (κ2) is 3.13. The fourth-order valence-corrected chi connectivity index (χ4v) is 1.54. The fraction of sp³-hybridized carbons (Fsp3) is 0.750. The van der Waals surface area contributed by atoms with E-state index in [1.54, 1.807) is 0 Å². The predicted molar refractivity (Wildman–Crippen MR) is 47.7 cm³/mol. The number of hydrogen-bond acceptors (Lipinski definition) is 3. The van der Waals surface area contributed by atoms with Crippen molar-refractivity contribution in [2.45, 2.75) is 38.6 Å². The summed E-state index contributed by atoms with van der Waals surface area (Å²) in [6, 6.07) is 0. The standard InChI is InChI=1S/C8H15N3O/c1-3-5-8(4-2)6(12)10-7(9)11-8/h3-5H2,1-2H3,(H3,9,10,11,12). The van der Waals surface area contributed by atoms with Crippen LogP contribution in [0.4, 0.5) is 0 Å². The van der Waals surface area contributed by atoms with Gasteiger partial charge in [0.05, 0.1) is 0 Å². The van der Waals surface area contributed by atoms with E-state index in [1.165, 1.54) is 0 Å². The first kappa shape index (κ1) is 9.03. The number of guanidine groups is 1. The Bertz CT molecular complexity index is 224. The van der Waals surface area contributed by atoms with E-state index < -0.39 is 5.54 Å². The predicted octanol–water partition coefficient (Wildman–Crippen LogP) is 0.380. The van der Waals surface area contributed by atoms with Gasteiger partial charge in [0, 0.05) is 0 Å². The number of hydrogen-bond donors (Lipinski definition) is 2. The molecule has 1 aliphatic rings. The maximum Gasteiger partial charge on any atom is 0.254 e. The summed E-state index contributed by atoms with van der Waals surface area (Å²) in [5, 5.41) is 2.53. The molecule has 1 unspecified atom stereocenters. The average molecular weight is 169 g/mol. The average Bonchev–Trinajstić information content (AvgIpc) is 2.28. The zero-order valence-electron chi connectivity index (χ0n) is 7.55. The Morgan fingerprint density at radius 2 is 2.25 bits per heavy atom. The van der Waals surface area contributed by atoms with Crippen molar-refractivity contribution in [3.8, 4) is 0 Å². The van der Waals surface area contributed by atoms with Crippen LogP contribution in [0.5, 0.6) is 0 Å². The number of rotatable bonds is 3. The summed E-state index contributed by atoms with van der Waals surface area (Å²) in [6.45, 7) is 3.99. The first-order valence-electron chi connectivity index (χ1n) is 4.31. The van der Waals surface area contributed by atoms with Crippen LogP contribution in [0.3, 0.4) is 0 Å². The van der Waals surface area contributed by atoms with Crippen LogP contribution >= 0.6 is 0 Å². The van der Waals surface area contributed by atoms with Crippen molar-refractivity contribution >= 4 is 11.9 Å². The summed E-state index contributed by atoms with van der Waals surface area (Å²) in [5.74, 6) is 0.208. The Hall–Kier alpha value is -1.06. The largest absolute Gasteiger partial charge is 0.370 e. The van der Waals surface area contributed by atoms with E-state index in [-0.39, 0.29) is 11.9 Å². The SMILES string of the molecule is CCCC1(CC)N=C(N)NC1=O. The fourth-order valence-electron chi connectivity index (χ4n) is 1.54. The zero-order valence-corrected chi connectivity index (χ0v) is 7.55. The quantitative estimate of drug-likeness (QED) is 0.641. The lowest BCUT2D eigenvalue weighted by molar-refractivity contribution is -0.124. The maximum atomic E-state index is 11.4. The molecule has 4 nitrogen and oxygen atoms in total. The highest BCUT2D eigenvalue weighted by Gasteiger charge is 2.40. The molecule has 0 spiro atoms. The number of carbonyl (C=O) groups excluding carboxylic acids is 1. The molecule has 1 atom stereocenters. The van der Waals surface area contributed by atoms with Crippen LogP contribution in [0.25, 0.3) is 0 Å². The summed E-state index contributed by atoms with van der Waals surface area (Å²) in [7, 11) is 0. The van der Waals surface area contributed by atoms with E-state index in [0.717, 1.165) is 12.8 Å². The highest BCUT2D eigenvalue weighted by molar-refractivity contribution is 6.06. The van der Waals surface area contributed by atoms with Gasteiger partial charge in [-0.05, 0) is 12.8 Å². The number of nitrogens with two attached hydrogens (primary N) is 1. The van der Waals surface area contributed by atoms with E-state index in [2.05, 4.69) is 10.3 Å². The van der Waals surface area contributed by atoms with Crippen molar-refractivity contribution < 1.29 is 4.79 Å². The lowest BCUT2D eigenvalue weighted by Gasteiger charge is -2.19. The van der Waals surface area contributed by atoms with Crippen LogP contribution in [0.15, 0.2) is 4.99 Å². The van der Waals surface area contributed by atoms with Gasteiger partial charge in [-0.1, -0.05) is 20.3 Å². The van der Waals surface area contributed by atoms with E-state index in [1.807, 2.05) is 13.8 Å². The minimum absolute atomic E-state index is 0.0515. The molecule has 0 saturated heterocycles. The van der Waals surface area contributed by atoms with Gasteiger partial charge in [0.2, 0.25) is 0 Å². The Morgan fingerprint density at radius 3 is 2.58 bits per heavy atom. The topological polar surface area (TPSA) is 67.5 Å². The molecule has 3 N–H and O–H groups in total. The van der Waals surface area contributed by atoms with Crippen molar-refractivity contribution in [3.05, 3.63) is 0 Å². The first-order chi connectivity index (χ1) is 5.64. The molecule has 0 radical (unpaired) electrons. The van der Waals surface area contributed by atoms with Gasteiger partial charge in [-0.2, -0.15) is 0 Å². The Kier molecular flexibility index (Phi) is 2.35. The molecule has 1 amide bonds. The van der Waals surface area contributed by atoms with Gasteiger partial charge >= 0.3 is 0 Å². The Balaban J connectivity index is 2.84. The monoisotopic (exact) mass is 169 g/mol. The third-order valence-electron chi connectivity index (χ3n) is 2.25. The molecule has 0 bridgehead atoms. The summed E-state index contributed by atoms with van der Waals surface area (Å²) >= 11 is 0. The van der Waals surface area contributed by atoms with Crippen LogP contribution in [0.2, 0.25) is 0 Å². The molecule has 68 valence electrons. The van der Waals surface area contributed by atoms with Crippen molar-refractivity contribution in [1.29, 1.82) is 0 Å². The molecule has 0 saturated carbocycles. The molecular formula is C8H15N3O. The van der Waals surface area contributed by atoms with Crippen molar-refractivity contribution in [3.63, 3.8) is 0 Å². The van der Waals surface area contributed by atoms with Crippen molar-refractivity contribution in [2.24, 2.45) is 10.7 Å². The Morgan fingerprint density at radius 1 is 1.58 bits per heavy atom. The number of amides is 1. The van der Waals surface area contributed by atoms with E-state index in [0.29, 0.717) is 6.42 Å². The van der Waals surface area contributed by atoms with Crippen LogP contribution < -0.4 is 11.1 Å². The molecule has 0 aromatic rings. The molecular weight excluding hydrogens is 154 g/mol. The van der Waals surface area contributed by atoms with Crippen LogP contribution in [0.1, 0.15) is 33.1 Å². The normalized spacial score (nSPS) is 28.5. The van der Waals surface area contributed by atoms with Crippen LogP contribution in [-0.4, -0.2) is 17.4 Å². The molecule has 0 fully saturated rings. The molecule has 0 aromatic heterocycles. The highest BCUT2D eigenvalue weighted by Crippen LogP contribution is 2.25. The molecule has 1 heterocycles. The number of nitrogens with one attached hydrogen (secondary N) is 1. The summed E-state index contributed by atoms with van der Waals surface area (Å²) in [5.41, 5.74) is 4.85. The van der Waals surface area contributed by atoms with E-state index >= 15 is 0 Å². The van der Waals surface area contributed by atoms with Crippen molar-refractivity contribution in [1.82, 2.24) is 5.32 Å². The smallest absolute Gasteiger partial charge is 0.254 e. The Labute approximate surface area is 72.2 Å². The van der Waals surface area contributed by atoms with Gasteiger partial charge in [-0.25, -0.2) is 4.99 Å². The minimum Gasteiger partial charge on any atom is -0.370 e. The summed E-state index contributed by atoms with van der Waals surface area (Å²) in [6.07, 6.45) is 2.43. The van der Waals surface area contributed by atoms with Gasteiger partial charge in [-0.15, -0.1) is 0 Å². The second-order valence-corrected chi connectivity index (χ2v) is 3.09. The molecule has 0 aliphatic carbocycles. The van der Waals surface area contributed by atoms with E-state index in [9.17, 15) is 4.79 Å². The number of carbonyl (C=O) groups is 1. The van der Waals surface area contributed by atoms with E-state index in [4.69, 9.17) is 5.73 Å².